The molecule has 0 heterocycles. The number of hydrogen-bond acceptors (Lipinski definition) is 5. The summed E-state index contributed by atoms with van der Waals surface area (Å²) in [6, 6.07) is -0.636. The quantitative estimate of drug-likeness (QED) is 0.0321. The number of hydrogen-bond donors (Lipinski definition) is 3. The van der Waals surface area contributed by atoms with Gasteiger partial charge < -0.3 is 20.3 Å². The van der Waals surface area contributed by atoms with Crippen LogP contribution in [0.2, 0.25) is 0 Å². The third kappa shape index (κ3) is 53.8. The monoisotopic (exact) mass is 946 g/mol. The van der Waals surface area contributed by atoms with E-state index in [4.69, 9.17) is 4.74 Å². The Morgan fingerprint density at radius 1 is 0.403 bits per heavy atom. The highest BCUT2D eigenvalue weighted by atomic mass is 16.5. The van der Waals surface area contributed by atoms with E-state index in [0.29, 0.717) is 19.4 Å². The molecule has 0 saturated heterocycles. The van der Waals surface area contributed by atoms with E-state index in [0.717, 1.165) is 57.8 Å². The van der Waals surface area contributed by atoms with Crippen molar-refractivity contribution in [1.29, 1.82) is 0 Å². The molecular formula is C61H119NO5. The zero-order valence-corrected chi connectivity index (χ0v) is 45.4. The Bertz CT molecular complexity index is 1000. The molecule has 0 spiro atoms. The lowest BCUT2D eigenvalue weighted by molar-refractivity contribution is -0.143. The molecule has 0 saturated carbocycles. The summed E-state index contributed by atoms with van der Waals surface area (Å²) >= 11 is 0. The van der Waals surface area contributed by atoms with Gasteiger partial charge in [-0.25, -0.2) is 0 Å². The summed E-state index contributed by atoms with van der Waals surface area (Å²) in [5.74, 6) is -0.0741. The van der Waals surface area contributed by atoms with Gasteiger partial charge in [-0.05, 0) is 32.1 Å². The Kier molecular flexibility index (Phi) is 56.0. The normalized spacial score (nSPS) is 12.6. The maximum atomic E-state index is 12.5. The molecule has 3 N–H and O–H groups in total. The number of esters is 1. The number of aliphatic hydroxyl groups excluding tert-OH is 2. The van der Waals surface area contributed by atoms with Crippen LogP contribution < -0.4 is 5.32 Å². The van der Waals surface area contributed by atoms with Gasteiger partial charge in [0.1, 0.15) is 0 Å². The Labute approximate surface area is 419 Å². The minimum Gasteiger partial charge on any atom is -0.466 e. The fourth-order valence-electron chi connectivity index (χ4n) is 9.64. The second-order valence-electron chi connectivity index (χ2n) is 21.0. The molecule has 0 radical (unpaired) electrons. The Balaban J connectivity index is 3.46. The molecule has 0 aromatic rings. The smallest absolute Gasteiger partial charge is 0.305 e. The first-order chi connectivity index (χ1) is 33.0. The van der Waals surface area contributed by atoms with Crippen LogP contribution in [0.5, 0.6) is 0 Å². The lowest BCUT2D eigenvalue weighted by Crippen LogP contribution is -2.45. The van der Waals surface area contributed by atoms with Gasteiger partial charge in [-0.15, -0.1) is 0 Å². The lowest BCUT2D eigenvalue weighted by Gasteiger charge is -2.20. The van der Waals surface area contributed by atoms with Gasteiger partial charge in [-0.2, -0.15) is 0 Å². The minimum absolute atomic E-state index is 0.000427. The molecule has 67 heavy (non-hydrogen) atoms. The molecule has 0 aliphatic rings. The maximum Gasteiger partial charge on any atom is 0.305 e. The van der Waals surface area contributed by atoms with Gasteiger partial charge in [0.15, 0.2) is 0 Å². The van der Waals surface area contributed by atoms with E-state index in [-0.39, 0.29) is 18.5 Å². The number of amides is 1. The number of rotatable bonds is 57. The van der Waals surface area contributed by atoms with Gasteiger partial charge in [-0.3, -0.25) is 9.59 Å². The van der Waals surface area contributed by atoms with Gasteiger partial charge in [0.2, 0.25) is 5.91 Å². The molecule has 398 valence electrons. The van der Waals surface area contributed by atoms with E-state index in [1.807, 2.05) is 6.08 Å². The van der Waals surface area contributed by atoms with E-state index in [1.54, 1.807) is 6.08 Å². The van der Waals surface area contributed by atoms with Gasteiger partial charge >= 0.3 is 5.97 Å². The third-order valence-corrected chi connectivity index (χ3v) is 14.3. The topological polar surface area (TPSA) is 95.9 Å². The Morgan fingerprint density at radius 2 is 0.687 bits per heavy atom. The van der Waals surface area contributed by atoms with E-state index >= 15 is 0 Å². The van der Waals surface area contributed by atoms with Crippen LogP contribution in [0.1, 0.15) is 341 Å². The first-order valence-corrected chi connectivity index (χ1v) is 30.5. The highest BCUT2D eigenvalue weighted by Gasteiger charge is 2.18. The number of unbranched alkanes of at least 4 members (excludes halogenated alkanes) is 46. The number of nitrogens with one attached hydrogen (secondary N) is 1. The predicted molar refractivity (Wildman–Crippen MR) is 292 cm³/mol. The molecular weight excluding hydrogens is 827 g/mol. The van der Waals surface area contributed by atoms with Crippen LogP contribution >= 0.6 is 0 Å². The van der Waals surface area contributed by atoms with Crippen molar-refractivity contribution in [1.82, 2.24) is 5.32 Å². The fourth-order valence-corrected chi connectivity index (χ4v) is 9.64. The van der Waals surface area contributed by atoms with Crippen molar-refractivity contribution in [3.8, 4) is 0 Å². The van der Waals surface area contributed by atoms with E-state index < -0.39 is 12.1 Å². The molecule has 0 bridgehead atoms. The predicted octanol–water partition coefficient (Wildman–Crippen LogP) is 18.9. The molecule has 0 rings (SSSR count). The number of ether oxygens (including phenoxy) is 1. The molecule has 6 heteroatoms. The molecule has 2 unspecified atom stereocenters. The van der Waals surface area contributed by atoms with Crippen molar-refractivity contribution in [2.24, 2.45) is 0 Å². The third-order valence-electron chi connectivity index (χ3n) is 14.3. The summed E-state index contributed by atoms with van der Waals surface area (Å²) in [7, 11) is 0. The Morgan fingerprint density at radius 3 is 1.01 bits per heavy atom. The molecule has 1 amide bonds. The van der Waals surface area contributed by atoms with Crippen molar-refractivity contribution >= 4 is 11.9 Å². The summed E-state index contributed by atoms with van der Waals surface area (Å²) < 4.78 is 5.48. The summed E-state index contributed by atoms with van der Waals surface area (Å²) in [6.45, 7) is 4.91. The molecule has 0 aromatic heterocycles. The molecule has 6 nitrogen and oxygen atoms in total. The molecule has 0 fully saturated rings. The van der Waals surface area contributed by atoms with Crippen LogP contribution in [0.15, 0.2) is 12.2 Å². The highest BCUT2D eigenvalue weighted by Crippen LogP contribution is 2.18. The SMILES string of the molecule is CCCCCCCCCCCCCCCCCCCCC/C=C/C(O)C(CO)NC(=O)CCCCCCCCCCCCCCCCOC(=O)CCCCCCCCCCCCCCCCC. The van der Waals surface area contributed by atoms with Crippen molar-refractivity contribution in [2.45, 2.75) is 353 Å². The van der Waals surface area contributed by atoms with Crippen LogP contribution in [-0.4, -0.2) is 47.4 Å². The molecule has 2 atom stereocenters. The molecule has 0 aliphatic heterocycles. The van der Waals surface area contributed by atoms with E-state index in [2.05, 4.69) is 19.2 Å². The number of carbonyl (C=O) groups excluding carboxylic acids is 2. The summed E-state index contributed by atoms with van der Waals surface area (Å²) in [5, 5.41) is 23.2. The first-order valence-electron chi connectivity index (χ1n) is 30.5. The summed E-state index contributed by atoms with van der Waals surface area (Å²) in [5.41, 5.74) is 0. The highest BCUT2D eigenvalue weighted by molar-refractivity contribution is 5.76. The average Bonchev–Trinajstić information content (AvgIpc) is 3.33. The molecule has 0 aromatic carbocycles. The van der Waals surface area contributed by atoms with Gasteiger partial charge in [0.25, 0.3) is 0 Å². The van der Waals surface area contributed by atoms with Crippen LogP contribution in [0.4, 0.5) is 0 Å². The van der Waals surface area contributed by atoms with Crippen molar-refractivity contribution in [2.75, 3.05) is 13.2 Å². The minimum atomic E-state index is -0.851. The fraction of sp³-hybridized carbons (Fsp3) is 0.934. The van der Waals surface area contributed by atoms with Crippen molar-refractivity contribution < 1.29 is 24.5 Å². The lowest BCUT2D eigenvalue weighted by atomic mass is 10.0. The first kappa shape index (κ1) is 65.6. The van der Waals surface area contributed by atoms with E-state index in [1.165, 1.54) is 257 Å². The number of aliphatic hydroxyl groups is 2. The van der Waals surface area contributed by atoms with Gasteiger partial charge in [0, 0.05) is 12.8 Å². The van der Waals surface area contributed by atoms with Crippen molar-refractivity contribution in [3.63, 3.8) is 0 Å². The zero-order valence-electron chi connectivity index (χ0n) is 45.4. The van der Waals surface area contributed by atoms with Crippen LogP contribution in [0, 0.1) is 0 Å². The second kappa shape index (κ2) is 57.2. The van der Waals surface area contributed by atoms with Crippen LogP contribution in [-0.2, 0) is 14.3 Å². The van der Waals surface area contributed by atoms with Gasteiger partial charge in [-0.1, -0.05) is 309 Å². The summed E-state index contributed by atoms with van der Waals surface area (Å²) in [6.07, 6.45) is 68.1. The zero-order chi connectivity index (χ0) is 48.6. The average molecular weight is 947 g/mol. The van der Waals surface area contributed by atoms with Crippen LogP contribution in [0.3, 0.4) is 0 Å². The number of carbonyl (C=O) groups is 2. The largest absolute Gasteiger partial charge is 0.466 e. The second-order valence-corrected chi connectivity index (χ2v) is 21.0. The maximum absolute atomic E-state index is 12.5. The van der Waals surface area contributed by atoms with E-state index in [9.17, 15) is 19.8 Å². The van der Waals surface area contributed by atoms with Crippen LogP contribution in [0.25, 0.3) is 0 Å². The van der Waals surface area contributed by atoms with Gasteiger partial charge in [0.05, 0.1) is 25.4 Å². The Hall–Kier alpha value is -1.40. The molecule has 0 aliphatic carbocycles. The standard InChI is InChI=1S/C61H119NO5/c1-3-5-7-9-11-13-15-17-19-20-21-22-23-24-26-29-33-37-41-45-49-53-59(64)58(57-63)62-60(65)54-50-46-42-38-34-30-27-28-32-36-40-44-48-52-56-67-61(66)55-51-47-43-39-35-31-25-18-16-14-12-10-8-6-4-2/h49,53,58-59,63-64H,3-48,50-52,54-57H2,1-2H3,(H,62,65)/b53-49+. The number of allylic oxidation sites excluding steroid dienone is 1. The van der Waals surface area contributed by atoms with Crippen molar-refractivity contribution in [3.05, 3.63) is 12.2 Å². The summed E-state index contributed by atoms with van der Waals surface area (Å²) in [4.78, 5) is 24.6.